The van der Waals surface area contributed by atoms with Gasteiger partial charge in [0.25, 0.3) is 0 Å². The summed E-state index contributed by atoms with van der Waals surface area (Å²) in [5.74, 6) is -1.17. The van der Waals surface area contributed by atoms with Crippen molar-refractivity contribution in [2.24, 2.45) is 0 Å². The predicted octanol–water partition coefficient (Wildman–Crippen LogP) is 1.40. The lowest BCUT2D eigenvalue weighted by Crippen LogP contribution is -2.09. The van der Waals surface area contributed by atoms with E-state index in [4.69, 9.17) is 13.7 Å². The topological polar surface area (TPSA) is 191 Å². The zero-order valence-corrected chi connectivity index (χ0v) is 16.4. The van der Waals surface area contributed by atoms with Gasteiger partial charge in [0.2, 0.25) is 0 Å². The monoisotopic (exact) mass is 468 g/mol. The van der Waals surface area contributed by atoms with Gasteiger partial charge in [-0.25, -0.2) is 0 Å². The summed E-state index contributed by atoms with van der Waals surface area (Å²) in [6.07, 6.45) is 2.80. The van der Waals surface area contributed by atoms with Crippen molar-refractivity contribution in [2.75, 3.05) is 0 Å². The number of rotatable bonds is 8. The molecule has 0 amide bonds. The van der Waals surface area contributed by atoms with Crippen LogP contribution in [0.15, 0.2) is 42.5 Å². The molecule has 0 radical (unpaired) electrons. The predicted molar refractivity (Wildman–Crippen MR) is 98.3 cm³/mol. The standard InChI is InChI=1S/C14H12O12S3/c15-27(16,17)24-12-5-3-10(4-6-12)1-2-11-7-13(25-28(18,19)20)9-14(8-11)26-29(21,22)23/h1-9H,(H,15,16,17)(H,18,19,20)(H,21,22,23). The Balaban J connectivity index is 2.32. The molecule has 12 nitrogen and oxygen atoms in total. The molecule has 3 N–H and O–H groups in total. The van der Waals surface area contributed by atoms with Crippen molar-refractivity contribution in [3.8, 4) is 17.2 Å². The smallest absolute Gasteiger partial charge is 0.362 e. The summed E-state index contributed by atoms with van der Waals surface area (Å²) >= 11 is 0. The normalized spacial score (nSPS) is 12.7. The van der Waals surface area contributed by atoms with Crippen LogP contribution in [0.25, 0.3) is 12.2 Å². The molecule has 0 aliphatic rings. The first kappa shape index (κ1) is 22.6. The fourth-order valence-corrected chi connectivity index (χ4v) is 3.01. The minimum atomic E-state index is -4.92. The van der Waals surface area contributed by atoms with Crippen LogP contribution < -0.4 is 12.5 Å². The summed E-state index contributed by atoms with van der Waals surface area (Å²) in [6.45, 7) is 0. The average molecular weight is 468 g/mol. The van der Waals surface area contributed by atoms with Crippen LogP contribution in [-0.4, -0.2) is 38.9 Å². The van der Waals surface area contributed by atoms with E-state index in [-0.39, 0.29) is 11.3 Å². The SMILES string of the molecule is O=S(=O)(O)Oc1ccc(C=Cc2cc(OS(=O)(=O)O)cc(OS(=O)(=O)O)c2)cc1. The third-order valence-corrected chi connectivity index (χ3v) is 4.06. The van der Waals surface area contributed by atoms with Crippen LogP contribution in [0.4, 0.5) is 0 Å². The highest BCUT2D eigenvalue weighted by Gasteiger charge is 2.13. The Morgan fingerprint density at radius 3 is 1.34 bits per heavy atom. The number of hydrogen-bond donors (Lipinski definition) is 3. The molecule has 0 aliphatic carbocycles. The van der Waals surface area contributed by atoms with Crippen LogP contribution >= 0.6 is 0 Å². The first-order valence-electron chi connectivity index (χ1n) is 7.12. The van der Waals surface area contributed by atoms with Crippen molar-refractivity contribution >= 4 is 43.3 Å². The summed E-state index contributed by atoms with van der Waals surface area (Å²) in [5.41, 5.74) is 0.633. The highest BCUT2D eigenvalue weighted by atomic mass is 32.3. The molecule has 0 heterocycles. The maximum absolute atomic E-state index is 10.9. The largest absolute Gasteiger partial charge is 0.446 e. The maximum Gasteiger partial charge on any atom is 0.446 e. The lowest BCUT2D eigenvalue weighted by Gasteiger charge is -2.07. The van der Waals surface area contributed by atoms with Crippen LogP contribution in [0.3, 0.4) is 0 Å². The van der Waals surface area contributed by atoms with E-state index in [0.29, 0.717) is 5.56 Å². The van der Waals surface area contributed by atoms with Gasteiger partial charge in [-0.3, -0.25) is 13.7 Å². The van der Waals surface area contributed by atoms with Crippen molar-refractivity contribution in [2.45, 2.75) is 0 Å². The Kier molecular flexibility index (Phi) is 6.51. The van der Waals surface area contributed by atoms with Crippen molar-refractivity contribution in [1.29, 1.82) is 0 Å². The van der Waals surface area contributed by atoms with E-state index in [2.05, 4.69) is 12.5 Å². The first-order valence-corrected chi connectivity index (χ1v) is 11.2. The molecule has 0 saturated heterocycles. The molecule has 29 heavy (non-hydrogen) atoms. The third-order valence-electron chi connectivity index (χ3n) is 2.86. The van der Waals surface area contributed by atoms with Gasteiger partial charge < -0.3 is 12.5 Å². The number of hydrogen-bond acceptors (Lipinski definition) is 9. The van der Waals surface area contributed by atoms with Crippen molar-refractivity contribution in [1.82, 2.24) is 0 Å². The van der Waals surface area contributed by atoms with Gasteiger partial charge in [0.15, 0.2) is 0 Å². The molecule has 15 heteroatoms. The van der Waals surface area contributed by atoms with E-state index < -0.39 is 42.7 Å². The second-order valence-corrected chi connectivity index (χ2v) is 8.24. The van der Waals surface area contributed by atoms with Gasteiger partial charge in [-0.05, 0) is 35.4 Å². The molecule has 2 aromatic rings. The summed E-state index contributed by atoms with van der Waals surface area (Å²) in [7, 11) is -14.5. The highest BCUT2D eigenvalue weighted by Crippen LogP contribution is 2.26. The zero-order chi connectivity index (χ0) is 21.9. The van der Waals surface area contributed by atoms with Crippen LogP contribution in [0.1, 0.15) is 11.1 Å². The Labute approximate surface area is 165 Å². The quantitative estimate of drug-likeness (QED) is 0.373. The molecule has 0 aromatic heterocycles. The van der Waals surface area contributed by atoms with Crippen LogP contribution in [0.5, 0.6) is 17.2 Å². The molecule has 2 rings (SSSR count). The van der Waals surface area contributed by atoms with E-state index in [1.807, 2.05) is 0 Å². The van der Waals surface area contributed by atoms with E-state index in [0.717, 1.165) is 18.2 Å². The Morgan fingerprint density at radius 2 is 0.931 bits per heavy atom. The van der Waals surface area contributed by atoms with E-state index in [1.54, 1.807) is 0 Å². The van der Waals surface area contributed by atoms with Gasteiger partial charge in [-0.15, -0.1) is 0 Å². The molecule has 0 bridgehead atoms. The first-order chi connectivity index (χ1) is 13.2. The summed E-state index contributed by atoms with van der Waals surface area (Å²) in [4.78, 5) is 0. The van der Waals surface area contributed by atoms with Crippen LogP contribution in [0, 0.1) is 0 Å². The third kappa shape index (κ3) is 8.90. The molecule has 0 aliphatic heterocycles. The van der Waals surface area contributed by atoms with E-state index in [1.165, 1.54) is 36.4 Å². The highest BCUT2D eigenvalue weighted by molar-refractivity contribution is 7.81. The fourth-order valence-electron chi connectivity index (χ4n) is 1.98. The molecular formula is C14H12O12S3. The maximum atomic E-state index is 10.9. The summed E-state index contributed by atoms with van der Waals surface area (Å²) in [6, 6.07) is 8.29. The van der Waals surface area contributed by atoms with Crippen molar-refractivity contribution < 1.29 is 51.5 Å². The fraction of sp³-hybridized carbons (Fsp3) is 0. The van der Waals surface area contributed by atoms with E-state index >= 15 is 0 Å². The van der Waals surface area contributed by atoms with Gasteiger partial charge >= 0.3 is 31.2 Å². The molecular weight excluding hydrogens is 456 g/mol. The molecule has 0 fully saturated rings. The summed E-state index contributed by atoms with van der Waals surface area (Å²) in [5, 5.41) is 0. The van der Waals surface area contributed by atoms with Gasteiger partial charge in [-0.1, -0.05) is 24.3 Å². The molecule has 0 spiro atoms. The molecule has 0 unspecified atom stereocenters. The average Bonchev–Trinajstić information content (AvgIpc) is 2.49. The Hall–Kier alpha value is -2.69. The lowest BCUT2D eigenvalue weighted by molar-refractivity contribution is 0.380. The molecule has 0 saturated carbocycles. The molecule has 158 valence electrons. The zero-order valence-electron chi connectivity index (χ0n) is 13.9. The summed E-state index contributed by atoms with van der Waals surface area (Å²) < 4.78 is 104. The van der Waals surface area contributed by atoms with Crippen LogP contribution in [0.2, 0.25) is 0 Å². The van der Waals surface area contributed by atoms with Crippen molar-refractivity contribution in [3.05, 3.63) is 53.6 Å². The molecule has 0 atom stereocenters. The van der Waals surface area contributed by atoms with Gasteiger partial charge in [0.1, 0.15) is 17.2 Å². The molecule has 2 aromatic carbocycles. The van der Waals surface area contributed by atoms with Crippen LogP contribution in [-0.2, 0) is 31.2 Å². The number of benzene rings is 2. The van der Waals surface area contributed by atoms with Crippen molar-refractivity contribution in [3.63, 3.8) is 0 Å². The van der Waals surface area contributed by atoms with E-state index in [9.17, 15) is 25.3 Å². The Morgan fingerprint density at radius 1 is 0.552 bits per heavy atom. The van der Waals surface area contributed by atoms with Gasteiger partial charge in [0.05, 0.1) is 0 Å². The van der Waals surface area contributed by atoms with Gasteiger partial charge in [-0.2, -0.15) is 25.3 Å². The minimum absolute atomic E-state index is 0.142. The lowest BCUT2D eigenvalue weighted by atomic mass is 10.1. The second kappa shape index (κ2) is 8.36. The second-order valence-electron chi connectivity index (χ2n) is 5.17. The van der Waals surface area contributed by atoms with Gasteiger partial charge in [0, 0.05) is 6.07 Å². The Bertz CT molecular complexity index is 1170. The minimum Gasteiger partial charge on any atom is -0.362 e.